The SMILES string of the molecule is CCN(CC)CCNC(=O)c1cc(S(C)(=O)=O)ccc1OC.CCl. The van der Waals surface area contributed by atoms with Crippen molar-refractivity contribution < 1.29 is 17.9 Å². The molecule has 0 fully saturated rings. The largest absolute Gasteiger partial charge is 0.496 e. The summed E-state index contributed by atoms with van der Waals surface area (Å²) >= 11 is 4.64. The molecule has 0 aliphatic carbocycles. The number of likely N-dealkylation sites (N-methyl/N-ethyl adjacent to an activating group) is 1. The second kappa shape index (κ2) is 11.3. The molecule has 0 unspecified atom stereocenters. The number of sulfone groups is 1. The minimum atomic E-state index is -3.37. The van der Waals surface area contributed by atoms with Gasteiger partial charge in [0.15, 0.2) is 9.84 Å². The second-order valence-corrected chi connectivity index (χ2v) is 6.93. The Morgan fingerprint density at radius 1 is 1.25 bits per heavy atom. The first-order valence-electron chi connectivity index (χ1n) is 7.59. The van der Waals surface area contributed by atoms with Crippen molar-refractivity contribution in [2.75, 3.05) is 45.9 Å². The van der Waals surface area contributed by atoms with Crippen molar-refractivity contribution in [3.05, 3.63) is 23.8 Å². The van der Waals surface area contributed by atoms with Crippen LogP contribution < -0.4 is 10.1 Å². The molecule has 1 N–H and O–H groups in total. The van der Waals surface area contributed by atoms with Gasteiger partial charge < -0.3 is 15.0 Å². The van der Waals surface area contributed by atoms with Crippen LogP contribution in [0.2, 0.25) is 0 Å². The van der Waals surface area contributed by atoms with E-state index in [1.165, 1.54) is 31.7 Å². The van der Waals surface area contributed by atoms with E-state index in [9.17, 15) is 13.2 Å². The summed E-state index contributed by atoms with van der Waals surface area (Å²) in [5.41, 5.74) is 0.227. The molecule has 138 valence electrons. The fourth-order valence-corrected chi connectivity index (χ4v) is 2.70. The molecule has 0 aliphatic heterocycles. The number of benzene rings is 1. The number of alkyl halides is 1. The van der Waals surface area contributed by atoms with Crippen LogP contribution >= 0.6 is 11.6 Å². The molecule has 0 aliphatic rings. The first kappa shape index (κ1) is 22.7. The molecule has 0 bridgehead atoms. The Hall–Kier alpha value is -1.31. The van der Waals surface area contributed by atoms with Crippen LogP contribution in [0.1, 0.15) is 24.2 Å². The van der Waals surface area contributed by atoms with E-state index < -0.39 is 9.84 Å². The van der Waals surface area contributed by atoms with Gasteiger partial charge in [-0.2, -0.15) is 0 Å². The lowest BCUT2D eigenvalue weighted by atomic mass is 10.2. The number of amides is 1. The predicted octanol–water partition coefficient (Wildman–Crippen LogP) is 2.03. The zero-order chi connectivity index (χ0) is 18.8. The van der Waals surface area contributed by atoms with E-state index in [4.69, 9.17) is 4.74 Å². The molecular formula is C16H27ClN2O4S. The van der Waals surface area contributed by atoms with Crippen molar-refractivity contribution in [3.63, 3.8) is 0 Å². The van der Waals surface area contributed by atoms with Gasteiger partial charge >= 0.3 is 0 Å². The lowest BCUT2D eigenvalue weighted by molar-refractivity contribution is 0.0945. The summed E-state index contributed by atoms with van der Waals surface area (Å²) < 4.78 is 28.4. The fourth-order valence-electron chi connectivity index (χ4n) is 2.06. The Morgan fingerprint density at radius 3 is 2.29 bits per heavy atom. The van der Waals surface area contributed by atoms with Gasteiger partial charge in [-0.3, -0.25) is 4.79 Å². The van der Waals surface area contributed by atoms with E-state index in [-0.39, 0.29) is 16.4 Å². The van der Waals surface area contributed by atoms with Crippen molar-refractivity contribution in [1.82, 2.24) is 10.2 Å². The zero-order valence-electron chi connectivity index (χ0n) is 14.9. The van der Waals surface area contributed by atoms with Crippen molar-refractivity contribution in [1.29, 1.82) is 0 Å². The molecule has 0 heterocycles. The van der Waals surface area contributed by atoms with Crippen LogP contribution in [0, 0.1) is 0 Å². The van der Waals surface area contributed by atoms with Crippen LogP contribution in [-0.2, 0) is 9.84 Å². The standard InChI is InChI=1S/C15H24N2O4S.CH3Cl/c1-5-17(6-2)10-9-16-15(18)13-11-12(22(4,19)20)7-8-14(13)21-3;1-2/h7-8,11H,5-6,9-10H2,1-4H3,(H,16,18);1H3. The average molecular weight is 379 g/mol. The topological polar surface area (TPSA) is 75.7 Å². The third-order valence-electron chi connectivity index (χ3n) is 3.45. The van der Waals surface area contributed by atoms with Crippen LogP contribution in [0.3, 0.4) is 0 Å². The molecule has 8 heteroatoms. The Labute approximate surface area is 150 Å². The molecule has 0 saturated heterocycles. The number of methoxy groups -OCH3 is 1. The van der Waals surface area contributed by atoms with E-state index in [0.717, 1.165) is 25.9 Å². The van der Waals surface area contributed by atoms with Gasteiger partial charge in [0.05, 0.1) is 17.6 Å². The van der Waals surface area contributed by atoms with Crippen LogP contribution in [0.15, 0.2) is 23.1 Å². The number of hydrogen-bond donors (Lipinski definition) is 1. The fraction of sp³-hybridized carbons (Fsp3) is 0.562. The van der Waals surface area contributed by atoms with E-state index >= 15 is 0 Å². The number of hydrogen-bond acceptors (Lipinski definition) is 5. The summed E-state index contributed by atoms with van der Waals surface area (Å²) in [5.74, 6) is 0.0160. The molecule has 1 rings (SSSR count). The van der Waals surface area contributed by atoms with E-state index in [1.54, 1.807) is 0 Å². The summed E-state index contributed by atoms with van der Waals surface area (Å²) in [5, 5.41) is 2.80. The number of rotatable bonds is 8. The molecular weight excluding hydrogens is 352 g/mol. The number of nitrogens with zero attached hydrogens (tertiary/aromatic N) is 1. The van der Waals surface area contributed by atoms with E-state index in [1.807, 2.05) is 0 Å². The normalized spacial score (nSPS) is 10.8. The molecule has 1 aromatic rings. The summed E-state index contributed by atoms with van der Waals surface area (Å²) in [6, 6.07) is 4.28. The monoisotopic (exact) mass is 378 g/mol. The summed E-state index contributed by atoms with van der Waals surface area (Å²) in [4.78, 5) is 14.5. The summed E-state index contributed by atoms with van der Waals surface area (Å²) in [6.45, 7) is 7.19. The molecule has 24 heavy (non-hydrogen) atoms. The maximum Gasteiger partial charge on any atom is 0.255 e. The van der Waals surface area contributed by atoms with Crippen LogP contribution in [0.5, 0.6) is 5.75 Å². The number of halogens is 1. The molecule has 0 spiro atoms. The number of nitrogens with one attached hydrogen (secondary N) is 1. The van der Waals surface area contributed by atoms with Gasteiger partial charge in [-0.05, 0) is 31.3 Å². The Bertz CT molecular complexity index is 617. The molecule has 6 nitrogen and oxygen atoms in total. The summed E-state index contributed by atoms with van der Waals surface area (Å²) in [6.07, 6.45) is 2.58. The van der Waals surface area contributed by atoms with Gasteiger partial charge in [0.25, 0.3) is 5.91 Å². The first-order chi connectivity index (χ1) is 11.3. The Morgan fingerprint density at radius 2 is 1.83 bits per heavy atom. The third-order valence-corrected chi connectivity index (χ3v) is 4.56. The Balaban J connectivity index is 0.00000254. The molecule has 1 aromatic carbocycles. The molecule has 0 aromatic heterocycles. The molecule has 1 amide bonds. The van der Waals surface area contributed by atoms with E-state index in [0.29, 0.717) is 12.3 Å². The number of carbonyl (C=O) groups excluding carboxylic acids is 1. The lowest BCUT2D eigenvalue weighted by Crippen LogP contribution is -2.35. The Kier molecular flexibility index (Phi) is 10.7. The maximum absolute atomic E-state index is 12.3. The summed E-state index contributed by atoms with van der Waals surface area (Å²) in [7, 11) is -1.92. The van der Waals surface area contributed by atoms with Gasteiger partial charge in [-0.25, -0.2) is 8.42 Å². The minimum Gasteiger partial charge on any atom is -0.496 e. The van der Waals surface area contributed by atoms with Crippen LogP contribution in [-0.4, -0.2) is 65.2 Å². The molecule has 0 radical (unpaired) electrons. The van der Waals surface area contributed by atoms with Crippen molar-refractivity contribution in [2.24, 2.45) is 0 Å². The van der Waals surface area contributed by atoms with Crippen LogP contribution in [0.25, 0.3) is 0 Å². The van der Waals surface area contributed by atoms with Gasteiger partial charge in [-0.1, -0.05) is 13.8 Å². The highest BCUT2D eigenvalue weighted by Gasteiger charge is 2.16. The smallest absolute Gasteiger partial charge is 0.255 e. The first-order valence-corrected chi connectivity index (χ1v) is 10.2. The quantitative estimate of drug-likeness (QED) is 0.700. The maximum atomic E-state index is 12.3. The minimum absolute atomic E-state index is 0.0993. The highest BCUT2D eigenvalue weighted by Crippen LogP contribution is 2.22. The highest BCUT2D eigenvalue weighted by molar-refractivity contribution is 7.90. The zero-order valence-corrected chi connectivity index (χ0v) is 16.5. The van der Waals surface area contributed by atoms with E-state index in [2.05, 4.69) is 35.7 Å². The highest BCUT2D eigenvalue weighted by atomic mass is 35.5. The number of ether oxygens (including phenoxy) is 1. The predicted molar refractivity (Wildman–Crippen MR) is 98.0 cm³/mol. The molecule has 0 atom stereocenters. The van der Waals surface area contributed by atoms with Crippen molar-refractivity contribution >= 4 is 27.3 Å². The van der Waals surface area contributed by atoms with Gasteiger partial charge in [0.1, 0.15) is 5.75 Å². The number of carbonyl (C=O) groups is 1. The van der Waals surface area contributed by atoms with Crippen molar-refractivity contribution in [3.8, 4) is 5.75 Å². The van der Waals surface area contributed by atoms with Gasteiger partial charge in [0, 0.05) is 25.7 Å². The molecule has 0 saturated carbocycles. The van der Waals surface area contributed by atoms with Crippen molar-refractivity contribution in [2.45, 2.75) is 18.7 Å². The van der Waals surface area contributed by atoms with Gasteiger partial charge in [-0.15, -0.1) is 11.6 Å². The third kappa shape index (κ3) is 7.07. The van der Waals surface area contributed by atoms with Crippen LogP contribution in [0.4, 0.5) is 0 Å². The average Bonchev–Trinajstić information content (AvgIpc) is 2.59. The lowest BCUT2D eigenvalue weighted by Gasteiger charge is -2.18. The van der Waals surface area contributed by atoms with Gasteiger partial charge in [0.2, 0.25) is 0 Å². The second-order valence-electron chi connectivity index (χ2n) is 4.92.